The van der Waals surface area contributed by atoms with Gasteiger partial charge in [-0.2, -0.15) is 18.3 Å². The molecule has 0 saturated heterocycles. The SMILES string of the molecule is O=C(c1cnn(Cc2ccc(F)cc2F)c1)C(F)(F)F. The van der Waals surface area contributed by atoms with Crippen molar-refractivity contribution in [2.75, 3.05) is 0 Å². The molecule has 0 atom stereocenters. The highest BCUT2D eigenvalue weighted by molar-refractivity contribution is 5.99. The van der Waals surface area contributed by atoms with Crippen LogP contribution in [0.4, 0.5) is 22.0 Å². The van der Waals surface area contributed by atoms with Gasteiger partial charge < -0.3 is 0 Å². The molecule has 0 N–H and O–H groups in total. The number of carbonyl (C=O) groups is 1. The number of rotatable bonds is 3. The van der Waals surface area contributed by atoms with Crippen LogP contribution in [0.25, 0.3) is 0 Å². The fourth-order valence-corrected chi connectivity index (χ4v) is 1.56. The number of Topliss-reactive ketones (excluding diaryl/α,β-unsaturated/α-hetero) is 1. The van der Waals surface area contributed by atoms with Gasteiger partial charge in [-0.1, -0.05) is 6.07 Å². The second-order valence-corrected chi connectivity index (χ2v) is 3.99. The van der Waals surface area contributed by atoms with Crippen LogP contribution in [0.5, 0.6) is 0 Å². The fraction of sp³-hybridized carbons (Fsp3) is 0.167. The van der Waals surface area contributed by atoms with E-state index in [4.69, 9.17) is 0 Å². The van der Waals surface area contributed by atoms with Gasteiger partial charge in [0.05, 0.1) is 18.3 Å². The minimum Gasteiger partial charge on any atom is -0.284 e. The molecule has 0 spiro atoms. The maximum Gasteiger partial charge on any atom is 0.454 e. The molecule has 3 nitrogen and oxygen atoms in total. The number of ketones is 1. The lowest BCUT2D eigenvalue weighted by Gasteiger charge is -2.04. The second-order valence-electron chi connectivity index (χ2n) is 3.99. The maximum atomic E-state index is 13.4. The summed E-state index contributed by atoms with van der Waals surface area (Å²) in [6.45, 7) is -0.211. The molecule has 0 aliphatic carbocycles. The van der Waals surface area contributed by atoms with Gasteiger partial charge >= 0.3 is 6.18 Å². The number of aromatic nitrogens is 2. The number of carbonyl (C=O) groups excluding carboxylic acids is 1. The van der Waals surface area contributed by atoms with Gasteiger partial charge in [0, 0.05) is 17.8 Å². The Morgan fingerprint density at radius 3 is 2.55 bits per heavy atom. The largest absolute Gasteiger partial charge is 0.454 e. The molecule has 0 aliphatic rings. The molecule has 8 heteroatoms. The number of benzene rings is 1. The number of hydrogen-bond acceptors (Lipinski definition) is 2. The van der Waals surface area contributed by atoms with Gasteiger partial charge in [0.15, 0.2) is 0 Å². The molecule has 106 valence electrons. The Morgan fingerprint density at radius 2 is 1.95 bits per heavy atom. The summed E-state index contributed by atoms with van der Waals surface area (Å²) in [6, 6.07) is 2.82. The van der Waals surface area contributed by atoms with Crippen LogP contribution in [0.1, 0.15) is 15.9 Å². The lowest BCUT2D eigenvalue weighted by Crippen LogP contribution is -2.22. The van der Waals surface area contributed by atoms with Crippen molar-refractivity contribution in [3.63, 3.8) is 0 Å². The molecule has 0 aliphatic heterocycles. The Hall–Kier alpha value is -2.25. The molecular weight excluding hydrogens is 283 g/mol. The van der Waals surface area contributed by atoms with Crippen molar-refractivity contribution in [3.8, 4) is 0 Å². The average molecular weight is 290 g/mol. The number of alkyl halides is 3. The molecule has 1 aromatic heterocycles. The molecule has 2 rings (SSSR count). The van der Waals surface area contributed by atoms with E-state index in [2.05, 4.69) is 5.10 Å². The molecular formula is C12H7F5N2O. The summed E-state index contributed by atoms with van der Waals surface area (Å²) in [5.74, 6) is -3.63. The van der Waals surface area contributed by atoms with Crippen LogP contribution in [0.3, 0.4) is 0 Å². The van der Waals surface area contributed by atoms with Crippen LogP contribution in [0.15, 0.2) is 30.6 Å². The molecule has 0 saturated carbocycles. The molecule has 20 heavy (non-hydrogen) atoms. The highest BCUT2D eigenvalue weighted by atomic mass is 19.4. The Labute approximate surface area is 109 Å². The third-order valence-corrected chi connectivity index (χ3v) is 2.50. The number of hydrogen-bond donors (Lipinski definition) is 0. The van der Waals surface area contributed by atoms with E-state index in [1.54, 1.807) is 0 Å². The van der Waals surface area contributed by atoms with Crippen molar-refractivity contribution in [2.45, 2.75) is 12.7 Å². The van der Waals surface area contributed by atoms with Gasteiger partial charge in [-0.05, 0) is 6.07 Å². The normalized spacial score (nSPS) is 11.7. The molecule has 0 bridgehead atoms. The number of nitrogens with zero attached hydrogens (tertiary/aromatic N) is 2. The van der Waals surface area contributed by atoms with Crippen molar-refractivity contribution >= 4 is 5.78 Å². The predicted octanol–water partition coefficient (Wildman–Crippen LogP) is 2.95. The Morgan fingerprint density at radius 1 is 1.25 bits per heavy atom. The topological polar surface area (TPSA) is 34.9 Å². The van der Waals surface area contributed by atoms with Crippen LogP contribution in [-0.4, -0.2) is 21.7 Å². The monoisotopic (exact) mass is 290 g/mol. The Bertz CT molecular complexity index is 648. The quantitative estimate of drug-likeness (QED) is 0.643. The lowest BCUT2D eigenvalue weighted by atomic mass is 10.2. The van der Waals surface area contributed by atoms with Gasteiger partial charge in [0.25, 0.3) is 5.78 Å². The first kappa shape index (κ1) is 14.2. The molecule has 2 aromatic rings. The van der Waals surface area contributed by atoms with Crippen molar-refractivity contribution in [1.29, 1.82) is 0 Å². The van der Waals surface area contributed by atoms with E-state index >= 15 is 0 Å². The molecule has 0 unspecified atom stereocenters. The van der Waals surface area contributed by atoms with Crippen molar-refractivity contribution in [3.05, 3.63) is 53.4 Å². The minimum atomic E-state index is -4.99. The maximum absolute atomic E-state index is 13.4. The smallest absolute Gasteiger partial charge is 0.284 e. The van der Waals surface area contributed by atoms with E-state index in [0.29, 0.717) is 6.07 Å². The average Bonchev–Trinajstić information content (AvgIpc) is 2.79. The zero-order valence-corrected chi connectivity index (χ0v) is 9.79. The Kier molecular flexibility index (Phi) is 3.56. The van der Waals surface area contributed by atoms with E-state index < -0.39 is 29.2 Å². The summed E-state index contributed by atoms with van der Waals surface area (Å²) in [6.07, 6.45) is -3.38. The zero-order chi connectivity index (χ0) is 14.9. The van der Waals surface area contributed by atoms with Crippen molar-refractivity contribution in [2.24, 2.45) is 0 Å². The summed E-state index contributed by atoms with van der Waals surface area (Å²) in [5, 5.41) is 3.55. The van der Waals surface area contributed by atoms with Gasteiger partial charge in [0.1, 0.15) is 11.6 Å². The lowest BCUT2D eigenvalue weighted by molar-refractivity contribution is -0.0885. The Balaban J connectivity index is 2.20. The van der Waals surface area contributed by atoms with Crippen LogP contribution < -0.4 is 0 Å². The summed E-state index contributed by atoms with van der Waals surface area (Å²) >= 11 is 0. The highest BCUT2D eigenvalue weighted by Gasteiger charge is 2.39. The van der Waals surface area contributed by atoms with Gasteiger partial charge in [0.2, 0.25) is 0 Å². The highest BCUT2D eigenvalue weighted by Crippen LogP contribution is 2.21. The van der Waals surface area contributed by atoms with Gasteiger partial charge in [-0.3, -0.25) is 9.48 Å². The fourth-order valence-electron chi connectivity index (χ4n) is 1.56. The molecule has 0 radical (unpaired) electrons. The van der Waals surface area contributed by atoms with Crippen LogP contribution in [-0.2, 0) is 6.54 Å². The van der Waals surface area contributed by atoms with E-state index in [0.717, 1.165) is 29.2 Å². The predicted molar refractivity (Wildman–Crippen MR) is 58.1 cm³/mol. The van der Waals surface area contributed by atoms with Crippen LogP contribution in [0, 0.1) is 11.6 Å². The first-order valence-electron chi connectivity index (χ1n) is 5.35. The van der Waals surface area contributed by atoms with E-state index in [-0.39, 0.29) is 12.1 Å². The van der Waals surface area contributed by atoms with Crippen LogP contribution in [0.2, 0.25) is 0 Å². The van der Waals surface area contributed by atoms with E-state index in [1.807, 2.05) is 0 Å². The first-order valence-corrected chi connectivity index (χ1v) is 5.35. The third kappa shape index (κ3) is 3.01. The van der Waals surface area contributed by atoms with Crippen LogP contribution >= 0.6 is 0 Å². The summed E-state index contributed by atoms with van der Waals surface area (Å²) < 4.78 is 63.6. The molecule has 1 aromatic carbocycles. The second kappa shape index (κ2) is 5.03. The first-order chi connectivity index (χ1) is 9.27. The molecule has 1 heterocycles. The standard InChI is InChI=1S/C12H7F5N2O/c13-9-2-1-7(10(14)3-9)5-19-6-8(4-18-19)11(20)12(15,16)17/h1-4,6H,5H2. The third-order valence-electron chi connectivity index (χ3n) is 2.50. The summed E-state index contributed by atoms with van der Waals surface area (Å²) in [5.41, 5.74) is -0.597. The van der Waals surface area contributed by atoms with Crippen molar-refractivity contribution in [1.82, 2.24) is 9.78 Å². The van der Waals surface area contributed by atoms with Crippen molar-refractivity contribution < 1.29 is 26.7 Å². The van der Waals surface area contributed by atoms with Gasteiger partial charge in [-0.15, -0.1) is 0 Å². The molecule has 0 amide bonds. The van der Waals surface area contributed by atoms with Gasteiger partial charge in [-0.25, -0.2) is 8.78 Å². The van der Waals surface area contributed by atoms with E-state index in [1.165, 1.54) is 0 Å². The summed E-state index contributed by atoms with van der Waals surface area (Å²) in [7, 11) is 0. The number of halogens is 5. The minimum absolute atomic E-state index is 0.0421. The summed E-state index contributed by atoms with van der Waals surface area (Å²) in [4.78, 5) is 10.9. The zero-order valence-electron chi connectivity index (χ0n) is 9.79. The molecule has 0 fully saturated rings. The van der Waals surface area contributed by atoms with E-state index in [9.17, 15) is 26.7 Å².